The van der Waals surface area contributed by atoms with Crippen LogP contribution in [0.25, 0.3) is 6.08 Å². The third-order valence-electron chi connectivity index (χ3n) is 4.33. The van der Waals surface area contributed by atoms with E-state index in [9.17, 15) is 19.5 Å². The van der Waals surface area contributed by atoms with Crippen LogP contribution in [0.15, 0.2) is 53.4 Å². The molecule has 1 unspecified atom stereocenters. The smallest absolute Gasteiger partial charge is 0.327 e. The Morgan fingerprint density at radius 1 is 1.23 bits per heavy atom. The van der Waals surface area contributed by atoms with E-state index < -0.39 is 30.2 Å². The lowest BCUT2D eigenvalue weighted by Crippen LogP contribution is -2.46. The largest absolute Gasteiger partial charge is 0.488 e. The van der Waals surface area contributed by atoms with Crippen LogP contribution < -0.4 is 10.5 Å². The number of carbonyl (C=O) groups excluding carboxylic acids is 2. The number of aliphatic carboxylic acids is 1. The Kier molecular flexibility index (Phi) is 7.32. The Morgan fingerprint density at radius 3 is 2.55 bits per heavy atom. The molecule has 3 N–H and O–H groups in total. The van der Waals surface area contributed by atoms with Crippen molar-refractivity contribution in [2.24, 2.45) is 5.73 Å². The van der Waals surface area contributed by atoms with E-state index in [1.54, 1.807) is 42.5 Å². The maximum absolute atomic E-state index is 12.9. The number of rotatable bonds is 8. The second kappa shape index (κ2) is 9.95. The van der Waals surface area contributed by atoms with Crippen molar-refractivity contribution in [3.8, 4) is 5.75 Å². The normalized spacial score (nSPS) is 15.9. The molecule has 1 saturated heterocycles. The van der Waals surface area contributed by atoms with E-state index >= 15 is 0 Å². The monoisotopic (exact) mass is 476 g/mol. The fourth-order valence-corrected chi connectivity index (χ4v) is 4.32. The first kappa shape index (κ1) is 22.8. The number of ether oxygens (including phenoxy) is 1. The van der Waals surface area contributed by atoms with Crippen molar-refractivity contribution in [3.63, 3.8) is 0 Å². The number of thiocarbonyl (C=S) groups is 1. The summed E-state index contributed by atoms with van der Waals surface area (Å²) in [6, 6.07) is 12.9. The van der Waals surface area contributed by atoms with Gasteiger partial charge in [-0.05, 0) is 29.8 Å². The third-order valence-corrected chi connectivity index (χ3v) is 5.91. The minimum atomic E-state index is -1.45. The molecular weight excluding hydrogens is 460 g/mol. The van der Waals surface area contributed by atoms with E-state index in [2.05, 4.69) is 0 Å². The van der Waals surface area contributed by atoms with Crippen LogP contribution in [-0.2, 0) is 21.0 Å². The van der Waals surface area contributed by atoms with Gasteiger partial charge in [-0.1, -0.05) is 65.9 Å². The average molecular weight is 477 g/mol. The van der Waals surface area contributed by atoms with E-state index in [-0.39, 0.29) is 9.23 Å². The van der Waals surface area contributed by atoms with Crippen LogP contribution in [-0.4, -0.2) is 38.2 Å². The van der Waals surface area contributed by atoms with E-state index in [4.69, 9.17) is 34.3 Å². The first-order valence-electron chi connectivity index (χ1n) is 9.00. The average Bonchev–Trinajstić information content (AvgIpc) is 2.99. The van der Waals surface area contributed by atoms with Gasteiger partial charge in [0, 0.05) is 10.6 Å². The number of amides is 2. The van der Waals surface area contributed by atoms with Crippen molar-refractivity contribution in [2.75, 3.05) is 0 Å². The first-order valence-corrected chi connectivity index (χ1v) is 10.6. The number of hydrogen-bond donors (Lipinski definition) is 2. The van der Waals surface area contributed by atoms with E-state index in [0.29, 0.717) is 22.9 Å². The zero-order chi connectivity index (χ0) is 22.5. The SMILES string of the molecule is NC(=O)CC(C(=O)O)N1C(=O)/C(=C/c2ccccc2OCc2ccc(Cl)cc2)SC1=S. The highest BCUT2D eigenvalue weighted by molar-refractivity contribution is 8.26. The van der Waals surface area contributed by atoms with Crippen molar-refractivity contribution in [1.29, 1.82) is 0 Å². The molecule has 160 valence electrons. The number of nitrogens with two attached hydrogens (primary N) is 1. The van der Waals surface area contributed by atoms with Gasteiger partial charge in [0.25, 0.3) is 5.91 Å². The van der Waals surface area contributed by atoms with Gasteiger partial charge in [-0.3, -0.25) is 14.5 Å². The zero-order valence-electron chi connectivity index (χ0n) is 16.0. The topological polar surface area (TPSA) is 110 Å². The summed E-state index contributed by atoms with van der Waals surface area (Å²) in [5, 5.41) is 10.0. The molecule has 31 heavy (non-hydrogen) atoms. The maximum Gasteiger partial charge on any atom is 0.327 e. The maximum atomic E-state index is 12.9. The summed E-state index contributed by atoms with van der Waals surface area (Å²) >= 11 is 12.0. The molecule has 7 nitrogen and oxygen atoms in total. The molecule has 1 heterocycles. The molecule has 1 atom stereocenters. The van der Waals surface area contributed by atoms with Crippen LogP contribution in [0, 0.1) is 0 Å². The Hall–Kier alpha value is -2.88. The number of hydrogen-bond acceptors (Lipinski definition) is 6. The summed E-state index contributed by atoms with van der Waals surface area (Å²) in [6.07, 6.45) is 1.05. The molecule has 2 aromatic rings. The molecule has 1 aliphatic heterocycles. The van der Waals surface area contributed by atoms with Gasteiger partial charge < -0.3 is 15.6 Å². The Morgan fingerprint density at radius 2 is 1.90 bits per heavy atom. The molecule has 2 amide bonds. The molecule has 1 aliphatic rings. The first-order chi connectivity index (χ1) is 14.8. The molecule has 2 aromatic carbocycles. The molecule has 0 saturated carbocycles. The van der Waals surface area contributed by atoms with Gasteiger partial charge in [0.1, 0.15) is 22.7 Å². The number of carboxylic acids is 1. The van der Waals surface area contributed by atoms with Crippen LogP contribution in [0.1, 0.15) is 17.5 Å². The molecule has 0 bridgehead atoms. The molecule has 3 rings (SSSR count). The summed E-state index contributed by atoms with van der Waals surface area (Å²) in [4.78, 5) is 36.8. The predicted octanol–water partition coefficient (Wildman–Crippen LogP) is 3.45. The fourth-order valence-electron chi connectivity index (χ4n) is 2.84. The lowest BCUT2D eigenvalue weighted by atomic mass is 10.1. The third kappa shape index (κ3) is 5.63. The molecular formula is C21H17ClN2O5S2. The van der Waals surface area contributed by atoms with Crippen LogP contribution in [0.4, 0.5) is 0 Å². The lowest BCUT2D eigenvalue weighted by Gasteiger charge is -2.21. The van der Waals surface area contributed by atoms with Crippen LogP contribution >= 0.6 is 35.6 Å². The minimum Gasteiger partial charge on any atom is -0.488 e. The van der Waals surface area contributed by atoms with Crippen molar-refractivity contribution in [3.05, 3.63) is 69.6 Å². The number of carbonyl (C=O) groups is 3. The van der Waals surface area contributed by atoms with Crippen LogP contribution in [0.3, 0.4) is 0 Å². The zero-order valence-corrected chi connectivity index (χ0v) is 18.4. The number of nitrogens with zero attached hydrogens (tertiary/aromatic N) is 1. The number of para-hydroxylation sites is 1. The molecule has 10 heteroatoms. The highest BCUT2D eigenvalue weighted by atomic mass is 35.5. The number of halogens is 1. The van der Waals surface area contributed by atoms with Crippen molar-refractivity contribution < 1.29 is 24.2 Å². The Bertz CT molecular complexity index is 1070. The van der Waals surface area contributed by atoms with Gasteiger partial charge in [0.15, 0.2) is 0 Å². The number of thioether (sulfide) groups is 1. The van der Waals surface area contributed by atoms with Gasteiger partial charge >= 0.3 is 5.97 Å². The second-order valence-electron chi connectivity index (χ2n) is 6.53. The molecule has 0 spiro atoms. The summed E-state index contributed by atoms with van der Waals surface area (Å²) in [7, 11) is 0. The number of primary amides is 1. The van der Waals surface area contributed by atoms with Gasteiger partial charge in [-0.2, -0.15) is 0 Å². The summed E-state index contributed by atoms with van der Waals surface area (Å²) in [6.45, 7) is 0.294. The second-order valence-corrected chi connectivity index (χ2v) is 8.64. The highest BCUT2D eigenvalue weighted by Gasteiger charge is 2.41. The van der Waals surface area contributed by atoms with Crippen molar-refractivity contribution in [2.45, 2.75) is 19.1 Å². The fraction of sp³-hybridized carbons (Fsp3) is 0.143. The minimum absolute atomic E-state index is 0.0458. The Balaban J connectivity index is 1.82. The van der Waals surface area contributed by atoms with Gasteiger partial charge in [-0.25, -0.2) is 4.79 Å². The summed E-state index contributed by atoms with van der Waals surface area (Å²) in [5.41, 5.74) is 6.67. The van der Waals surface area contributed by atoms with Crippen molar-refractivity contribution in [1.82, 2.24) is 4.90 Å². The quantitative estimate of drug-likeness (QED) is 0.443. The number of benzene rings is 2. The highest BCUT2D eigenvalue weighted by Crippen LogP contribution is 2.36. The van der Waals surface area contributed by atoms with Crippen molar-refractivity contribution >= 4 is 63.8 Å². The number of carboxylic acid groups (broad SMARTS) is 1. The standard InChI is InChI=1S/C21H17ClN2O5S2/c22-14-7-5-12(6-8-14)11-29-16-4-2-1-3-13(16)9-17-19(26)24(21(30)31-17)15(20(27)28)10-18(23)25/h1-9,15H,10-11H2,(H2,23,25)(H,27,28)/b17-9-. The van der Waals surface area contributed by atoms with Gasteiger partial charge in [0.05, 0.1) is 11.3 Å². The molecule has 0 aromatic heterocycles. The van der Waals surface area contributed by atoms with Gasteiger partial charge in [0.2, 0.25) is 5.91 Å². The van der Waals surface area contributed by atoms with Gasteiger partial charge in [-0.15, -0.1) is 0 Å². The summed E-state index contributed by atoms with van der Waals surface area (Å²) in [5.74, 6) is -2.26. The molecule has 0 aliphatic carbocycles. The van der Waals surface area contributed by atoms with Crippen LogP contribution in [0.5, 0.6) is 5.75 Å². The molecule has 0 radical (unpaired) electrons. The predicted molar refractivity (Wildman–Crippen MR) is 122 cm³/mol. The lowest BCUT2D eigenvalue weighted by molar-refractivity contribution is -0.146. The van der Waals surface area contributed by atoms with E-state index in [0.717, 1.165) is 22.2 Å². The van der Waals surface area contributed by atoms with E-state index in [1.807, 2.05) is 12.1 Å². The summed E-state index contributed by atoms with van der Waals surface area (Å²) < 4.78 is 5.94. The Labute approximate surface area is 192 Å². The van der Waals surface area contributed by atoms with E-state index in [1.165, 1.54) is 0 Å². The molecule has 1 fully saturated rings. The van der Waals surface area contributed by atoms with Crippen LogP contribution in [0.2, 0.25) is 5.02 Å².